The van der Waals surface area contributed by atoms with Crippen molar-refractivity contribution in [2.45, 2.75) is 13.0 Å². The number of nitrogen functional groups attached to an aromatic ring is 1. The molecule has 0 bridgehead atoms. The number of benzene rings is 1. The normalized spacial score (nSPS) is 14.8. The van der Waals surface area contributed by atoms with Crippen molar-refractivity contribution < 1.29 is 4.74 Å². The molecule has 82 valence electrons. The van der Waals surface area contributed by atoms with Crippen LogP contribution in [0.25, 0.3) is 5.69 Å². The number of aromatic nitrogens is 2. The Kier molecular flexibility index (Phi) is 2.15. The molecule has 0 saturated heterocycles. The van der Waals surface area contributed by atoms with Crippen LogP contribution in [0.3, 0.4) is 0 Å². The van der Waals surface area contributed by atoms with Crippen LogP contribution in [0.15, 0.2) is 30.5 Å². The monoisotopic (exact) mass is 215 g/mol. The Bertz CT molecular complexity index is 519. The average Bonchev–Trinajstić information content (AvgIpc) is 2.72. The predicted molar refractivity (Wildman–Crippen MR) is 61.3 cm³/mol. The van der Waals surface area contributed by atoms with Gasteiger partial charge in [0.15, 0.2) is 0 Å². The molecule has 0 spiro atoms. The molecule has 1 aliphatic heterocycles. The van der Waals surface area contributed by atoms with Gasteiger partial charge >= 0.3 is 0 Å². The van der Waals surface area contributed by atoms with E-state index in [0.29, 0.717) is 6.61 Å². The summed E-state index contributed by atoms with van der Waals surface area (Å²) in [5.74, 6) is 0. The average molecular weight is 215 g/mol. The Balaban J connectivity index is 2.09. The molecular weight excluding hydrogens is 202 g/mol. The number of rotatable bonds is 1. The largest absolute Gasteiger partial charge is 0.399 e. The van der Waals surface area contributed by atoms with Gasteiger partial charge in [-0.1, -0.05) is 6.07 Å². The number of nitrogens with two attached hydrogens (primary N) is 1. The van der Waals surface area contributed by atoms with E-state index in [4.69, 9.17) is 10.5 Å². The number of hydrogen-bond donors (Lipinski definition) is 1. The molecule has 4 nitrogen and oxygen atoms in total. The standard InChI is InChI=1S/C12H13N3O/c13-10-2-1-3-11(6-10)15-12-8-16-5-4-9(12)7-14-15/h1-3,6-7H,4-5,8,13H2. The fraction of sp³-hybridized carbons (Fsp3) is 0.250. The summed E-state index contributed by atoms with van der Waals surface area (Å²) in [4.78, 5) is 0. The molecule has 1 aromatic carbocycles. The molecule has 16 heavy (non-hydrogen) atoms. The van der Waals surface area contributed by atoms with E-state index in [2.05, 4.69) is 5.10 Å². The van der Waals surface area contributed by atoms with Gasteiger partial charge in [0, 0.05) is 5.69 Å². The Labute approximate surface area is 93.6 Å². The quantitative estimate of drug-likeness (QED) is 0.734. The van der Waals surface area contributed by atoms with Crippen LogP contribution in [0.2, 0.25) is 0 Å². The molecule has 1 aliphatic rings. The van der Waals surface area contributed by atoms with Crippen LogP contribution in [0.1, 0.15) is 11.3 Å². The van der Waals surface area contributed by atoms with Gasteiger partial charge in [-0.05, 0) is 30.2 Å². The third-order valence-corrected chi connectivity index (χ3v) is 2.82. The maximum atomic E-state index is 5.77. The van der Waals surface area contributed by atoms with Gasteiger partial charge in [0.2, 0.25) is 0 Å². The van der Waals surface area contributed by atoms with Crippen LogP contribution in [-0.2, 0) is 17.8 Å². The summed E-state index contributed by atoms with van der Waals surface area (Å²) in [6, 6.07) is 7.72. The lowest BCUT2D eigenvalue weighted by atomic mass is 10.1. The zero-order valence-electron chi connectivity index (χ0n) is 8.89. The van der Waals surface area contributed by atoms with E-state index >= 15 is 0 Å². The molecule has 0 unspecified atom stereocenters. The molecule has 4 heteroatoms. The van der Waals surface area contributed by atoms with Crippen molar-refractivity contribution in [1.82, 2.24) is 9.78 Å². The first-order valence-electron chi connectivity index (χ1n) is 5.34. The number of nitrogens with zero attached hydrogens (tertiary/aromatic N) is 2. The fourth-order valence-electron chi connectivity index (χ4n) is 2.00. The fourth-order valence-corrected chi connectivity index (χ4v) is 2.00. The predicted octanol–water partition coefficient (Wildman–Crippen LogP) is 1.53. The maximum Gasteiger partial charge on any atom is 0.0892 e. The summed E-state index contributed by atoms with van der Waals surface area (Å²) in [7, 11) is 0. The van der Waals surface area contributed by atoms with Crippen LogP contribution in [-0.4, -0.2) is 16.4 Å². The molecule has 0 fully saturated rings. The third-order valence-electron chi connectivity index (χ3n) is 2.82. The Morgan fingerprint density at radius 3 is 3.19 bits per heavy atom. The third kappa shape index (κ3) is 1.47. The number of ether oxygens (including phenoxy) is 1. The Morgan fingerprint density at radius 1 is 1.38 bits per heavy atom. The van der Waals surface area contributed by atoms with Crippen molar-refractivity contribution in [2.24, 2.45) is 0 Å². The van der Waals surface area contributed by atoms with Gasteiger partial charge in [-0.15, -0.1) is 0 Å². The highest BCUT2D eigenvalue weighted by Crippen LogP contribution is 2.20. The maximum absolute atomic E-state index is 5.77. The van der Waals surface area contributed by atoms with Gasteiger partial charge in [0.05, 0.1) is 30.8 Å². The lowest BCUT2D eigenvalue weighted by Crippen LogP contribution is -2.12. The van der Waals surface area contributed by atoms with Crippen molar-refractivity contribution in [3.05, 3.63) is 41.7 Å². The van der Waals surface area contributed by atoms with Crippen molar-refractivity contribution in [3.8, 4) is 5.69 Å². The van der Waals surface area contributed by atoms with Crippen molar-refractivity contribution >= 4 is 5.69 Å². The topological polar surface area (TPSA) is 53.1 Å². The van der Waals surface area contributed by atoms with Crippen molar-refractivity contribution in [1.29, 1.82) is 0 Å². The van der Waals surface area contributed by atoms with Crippen molar-refractivity contribution in [2.75, 3.05) is 12.3 Å². The highest BCUT2D eigenvalue weighted by atomic mass is 16.5. The van der Waals surface area contributed by atoms with Gasteiger partial charge < -0.3 is 10.5 Å². The van der Waals surface area contributed by atoms with Crippen LogP contribution >= 0.6 is 0 Å². The SMILES string of the molecule is Nc1cccc(-n2ncc3c2COCC3)c1. The zero-order valence-corrected chi connectivity index (χ0v) is 8.89. The van der Waals surface area contributed by atoms with Gasteiger partial charge in [-0.3, -0.25) is 0 Å². The summed E-state index contributed by atoms with van der Waals surface area (Å²) in [5, 5.41) is 4.39. The lowest BCUT2D eigenvalue weighted by Gasteiger charge is -2.14. The van der Waals surface area contributed by atoms with Gasteiger partial charge in [-0.2, -0.15) is 5.10 Å². The number of hydrogen-bond acceptors (Lipinski definition) is 3. The lowest BCUT2D eigenvalue weighted by molar-refractivity contribution is 0.106. The van der Waals surface area contributed by atoms with Crippen LogP contribution < -0.4 is 5.73 Å². The number of fused-ring (bicyclic) bond motifs is 1. The number of anilines is 1. The molecule has 0 aliphatic carbocycles. The summed E-state index contributed by atoms with van der Waals surface area (Å²) < 4.78 is 7.36. The van der Waals surface area contributed by atoms with E-state index in [1.54, 1.807) is 0 Å². The molecule has 2 N–H and O–H groups in total. The molecule has 0 amide bonds. The van der Waals surface area contributed by atoms with E-state index in [1.807, 2.05) is 35.1 Å². The molecule has 0 atom stereocenters. The van der Waals surface area contributed by atoms with E-state index in [0.717, 1.165) is 30.1 Å². The molecule has 3 rings (SSSR count). The minimum absolute atomic E-state index is 0.629. The molecule has 2 aromatic rings. The van der Waals surface area contributed by atoms with E-state index < -0.39 is 0 Å². The second kappa shape index (κ2) is 3.64. The molecule has 0 saturated carbocycles. The second-order valence-electron chi connectivity index (χ2n) is 3.93. The van der Waals surface area contributed by atoms with Gasteiger partial charge in [0.25, 0.3) is 0 Å². The first-order valence-corrected chi connectivity index (χ1v) is 5.34. The summed E-state index contributed by atoms with van der Waals surface area (Å²) in [6.07, 6.45) is 2.86. The first kappa shape index (κ1) is 9.42. The van der Waals surface area contributed by atoms with Crippen LogP contribution in [0.5, 0.6) is 0 Å². The minimum atomic E-state index is 0.629. The highest BCUT2D eigenvalue weighted by molar-refractivity contribution is 5.48. The van der Waals surface area contributed by atoms with E-state index in [-0.39, 0.29) is 0 Å². The summed E-state index contributed by atoms with van der Waals surface area (Å²) in [6.45, 7) is 1.42. The highest BCUT2D eigenvalue weighted by Gasteiger charge is 2.16. The Hall–Kier alpha value is -1.81. The summed E-state index contributed by atoms with van der Waals surface area (Å²) in [5.41, 5.74) is 9.92. The smallest absolute Gasteiger partial charge is 0.0892 e. The van der Waals surface area contributed by atoms with Crippen LogP contribution in [0, 0.1) is 0 Å². The minimum Gasteiger partial charge on any atom is -0.399 e. The molecular formula is C12H13N3O. The Morgan fingerprint density at radius 2 is 2.31 bits per heavy atom. The van der Waals surface area contributed by atoms with Crippen LogP contribution in [0.4, 0.5) is 5.69 Å². The van der Waals surface area contributed by atoms with Gasteiger partial charge in [-0.25, -0.2) is 4.68 Å². The second-order valence-corrected chi connectivity index (χ2v) is 3.93. The zero-order chi connectivity index (χ0) is 11.0. The van der Waals surface area contributed by atoms with Gasteiger partial charge in [0.1, 0.15) is 0 Å². The summed E-state index contributed by atoms with van der Waals surface area (Å²) >= 11 is 0. The molecule has 2 heterocycles. The molecule has 0 radical (unpaired) electrons. The van der Waals surface area contributed by atoms with E-state index in [1.165, 1.54) is 5.56 Å². The molecule has 1 aromatic heterocycles. The first-order chi connectivity index (χ1) is 7.84. The van der Waals surface area contributed by atoms with Crippen molar-refractivity contribution in [3.63, 3.8) is 0 Å². The van der Waals surface area contributed by atoms with E-state index in [9.17, 15) is 0 Å².